The van der Waals surface area contributed by atoms with E-state index in [0.717, 1.165) is 43.8 Å². The fourth-order valence-electron chi connectivity index (χ4n) is 3.63. The van der Waals surface area contributed by atoms with Gasteiger partial charge in [-0.2, -0.15) is 0 Å². The average Bonchev–Trinajstić information content (AvgIpc) is 2.69. The summed E-state index contributed by atoms with van der Waals surface area (Å²) in [6.07, 6.45) is 2.18. The maximum Gasteiger partial charge on any atom is 0.253 e. The fourth-order valence-corrected chi connectivity index (χ4v) is 4.70. The highest BCUT2D eigenvalue weighted by Gasteiger charge is 2.23. The van der Waals surface area contributed by atoms with Gasteiger partial charge in [0, 0.05) is 29.3 Å². The van der Waals surface area contributed by atoms with Gasteiger partial charge >= 0.3 is 0 Å². The van der Waals surface area contributed by atoms with Crippen molar-refractivity contribution in [2.24, 2.45) is 5.92 Å². The highest BCUT2D eigenvalue weighted by molar-refractivity contribution is 7.98. The second kappa shape index (κ2) is 9.43. The molecular formula is C23H30N2OS. The summed E-state index contributed by atoms with van der Waals surface area (Å²) in [4.78, 5) is 16.2. The molecule has 1 fully saturated rings. The molecule has 0 spiro atoms. The van der Waals surface area contributed by atoms with Crippen molar-refractivity contribution in [3.63, 3.8) is 0 Å². The summed E-state index contributed by atoms with van der Waals surface area (Å²) < 4.78 is 0. The highest BCUT2D eigenvalue weighted by atomic mass is 32.2. The largest absolute Gasteiger partial charge is 0.339 e. The van der Waals surface area contributed by atoms with E-state index in [1.54, 1.807) is 0 Å². The monoisotopic (exact) mass is 382 g/mol. The first-order chi connectivity index (χ1) is 13.1. The molecule has 0 unspecified atom stereocenters. The molecule has 0 bridgehead atoms. The second-order valence-corrected chi connectivity index (χ2v) is 8.57. The van der Waals surface area contributed by atoms with E-state index in [2.05, 4.69) is 49.5 Å². The first-order valence-corrected chi connectivity index (χ1v) is 10.8. The molecule has 2 aromatic carbocycles. The third kappa shape index (κ3) is 5.36. The molecule has 1 saturated heterocycles. The number of likely N-dealkylation sites (tertiary alicyclic amines) is 1. The molecule has 0 saturated carbocycles. The molecule has 3 nitrogen and oxygen atoms in total. The predicted molar refractivity (Wildman–Crippen MR) is 114 cm³/mol. The van der Waals surface area contributed by atoms with Gasteiger partial charge in [-0.15, -0.1) is 11.8 Å². The number of aryl methyl sites for hydroxylation is 2. The molecule has 4 heteroatoms. The van der Waals surface area contributed by atoms with Crippen molar-refractivity contribution < 1.29 is 4.79 Å². The Balaban J connectivity index is 1.61. The summed E-state index contributed by atoms with van der Waals surface area (Å²) in [6, 6.07) is 14.7. The molecule has 1 aliphatic heterocycles. The van der Waals surface area contributed by atoms with E-state index in [-0.39, 0.29) is 5.91 Å². The van der Waals surface area contributed by atoms with Crippen molar-refractivity contribution in [3.8, 4) is 0 Å². The Morgan fingerprint density at radius 2 is 1.93 bits per heavy atom. The Morgan fingerprint density at radius 1 is 1.15 bits per heavy atom. The van der Waals surface area contributed by atoms with Crippen LogP contribution >= 0.6 is 11.8 Å². The van der Waals surface area contributed by atoms with Gasteiger partial charge in [0.2, 0.25) is 0 Å². The minimum absolute atomic E-state index is 0.177. The van der Waals surface area contributed by atoms with Crippen LogP contribution in [0.4, 0.5) is 0 Å². The number of hydrogen-bond donors (Lipinski definition) is 1. The predicted octanol–water partition coefficient (Wildman–Crippen LogP) is 4.67. The van der Waals surface area contributed by atoms with Gasteiger partial charge in [-0.1, -0.05) is 29.8 Å². The fraction of sp³-hybridized carbons (Fsp3) is 0.435. The van der Waals surface area contributed by atoms with Crippen molar-refractivity contribution >= 4 is 17.7 Å². The summed E-state index contributed by atoms with van der Waals surface area (Å²) in [5.41, 5.74) is 4.62. The highest BCUT2D eigenvalue weighted by Crippen LogP contribution is 2.27. The van der Waals surface area contributed by atoms with Crippen LogP contribution in [-0.4, -0.2) is 37.5 Å². The maximum absolute atomic E-state index is 12.9. The van der Waals surface area contributed by atoms with Crippen molar-refractivity contribution in [1.82, 2.24) is 10.2 Å². The van der Waals surface area contributed by atoms with Gasteiger partial charge in [0.25, 0.3) is 5.91 Å². The van der Waals surface area contributed by atoms with E-state index in [4.69, 9.17) is 0 Å². The molecule has 1 aliphatic rings. The molecule has 0 radical (unpaired) electrons. The molecule has 1 amide bonds. The number of benzene rings is 2. The lowest BCUT2D eigenvalue weighted by molar-refractivity contribution is 0.0691. The molecule has 0 atom stereocenters. The first-order valence-electron chi connectivity index (χ1n) is 9.79. The first kappa shape index (κ1) is 20.0. The zero-order valence-electron chi connectivity index (χ0n) is 16.6. The van der Waals surface area contributed by atoms with Gasteiger partial charge in [-0.3, -0.25) is 4.79 Å². The molecule has 3 rings (SSSR count). The lowest BCUT2D eigenvalue weighted by Gasteiger charge is -2.32. The lowest BCUT2D eigenvalue weighted by Crippen LogP contribution is -2.40. The smallest absolute Gasteiger partial charge is 0.253 e. The van der Waals surface area contributed by atoms with E-state index in [1.165, 1.54) is 21.6 Å². The molecule has 2 aromatic rings. The van der Waals surface area contributed by atoms with Crippen LogP contribution in [0.2, 0.25) is 0 Å². The van der Waals surface area contributed by atoms with Crippen molar-refractivity contribution in [3.05, 3.63) is 64.7 Å². The third-order valence-corrected chi connectivity index (χ3v) is 6.53. The van der Waals surface area contributed by atoms with Crippen LogP contribution < -0.4 is 5.32 Å². The number of carbonyl (C=O) groups excluding carboxylic acids is 1. The molecule has 1 N–H and O–H groups in total. The second-order valence-electron chi connectivity index (χ2n) is 7.55. The van der Waals surface area contributed by atoms with Crippen molar-refractivity contribution in [2.75, 3.05) is 26.7 Å². The van der Waals surface area contributed by atoms with Crippen LogP contribution in [0, 0.1) is 19.8 Å². The number of amides is 1. The van der Waals surface area contributed by atoms with Crippen molar-refractivity contribution in [2.45, 2.75) is 37.3 Å². The van der Waals surface area contributed by atoms with Gasteiger partial charge in [0.15, 0.2) is 0 Å². The standard InChI is InChI=1S/C23H30N2OS/c1-17-7-8-18(2)22(13-17)27-16-20-5-4-6-21(14-20)23(26)25-11-9-19(10-12-25)15-24-3/h4-8,13-14,19,24H,9-12,15-16H2,1-3H3. The Bertz CT molecular complexity index is 782. The van der Waals surface area contributed by atoms with Crippen LogP contribution in [0.5, 0.6) is 0 Å². The van der Waals surface area contributed by atoms with Crippen LogP contribution in [0.3, 0.4) is 0 Å². The number of rotatable bonds is 6. The zero-order valence-corrected chi connectivity index (χ0v) is 17.4. The third-order valence-electron chi connectivity index (χ3n) is 5.31. The van der Waals surface area contributed by atoms with Crippen LogP contribution in [0.25, 0.3) is 0 Å². The molecule has 144 valence electrons. The Labute approximate surface area is 167 Å². The zero-order chi connectivity index (χ0) is 19.2. The summed E-state index contributed by atoms with van der Waals surface area (Å²) in [6.45, 7) is 7.06. The molecule has 0 aromatic heterocycles. The molecule has 1 heterocycles. The summed E-state index contributed by atoms with van der Waals surface area (Å²) in [7, 11) is 2.00. The summed E-state index contributed by atoms with van der Waals surface area (Å²) in [5.74, 6) is 1.76. The normalized spacial score (nSPS) is 15.1. The summed E-state index contributed by atoms with van der Waals surface area (Å²) >= 11 is 1.84. The number of thioether (sulfide) groups is 1. The van der Waals surface area contributed by atoms with Crippen LogP contribution in [0.15, 0.2) is 47.4 Å². The number of nitrogens with zero attached hydrogens (tertiary/aromatic N) is 1. The van der Waals surface area contributed by atoms with E-state index < -0.39 is 0 Å². The molecule has 27 heavy (non-hydrogen) atoms. The van der Waals surface area contributed by atoms with E-state index in [9.17, 15) is 4.79 Å². The minimum atomic E-state index is 0.177. The lowest BCUT2D eigenvalue weighted by atomic mass is 9.96. The van der Waals surface area contributed by atoms with Gasteiger partial charge in [-0.05, 0) is 75.5 Å². The van der Waals surface area contributed by atoms with E-state index in [0.29, 0.717) is 5.92 Å². The Morgan fingerprint density at radius 3 is 2.67 bits per heavy atom. The number of nitrogens with one attached hydrogen (secondary N) is 1. The van der Waals surface area contributed by atoms with Crippen LogP contribution in [-0.2, 0) is 5.75 Å². The number of hydrogen-bond acceptors (Lipinski definition) is 3. The minimum Gasteiger partial charge on any atom is -0.339 e. The van der Waals surface area contributed by atoms with Gasteiger partial charge in [0.1, 0.15) is 0 Å². The van der Waals surface area contributed by atoms with Crippen molar-refractivity contribution in [1.29, 1.82) is 0 Å². The maximum atomic E-state index is 12.9. The number of piperidine rings is 1. The van der Waals surface area contributed by atoms with Gasteiger partial charge in [-0.25, -0.2) is 0 Å². The quantitative estimate of drug-likeness (QED) is 0.737. The van der Waals surface area contributed by atoms with Gasteiger partial charge < -0.3 is 10.2 Å². The average molecular weight is 383 g/mol. The molecule has 0 aliphatic carbocycles. The topological polar surface area (TPSA) is 32.3 Å². The van der Waals surface area contributed by atoms with Gasteiger partial charge in [0.05, 0.1) is 0 Å². The Hall–Kier alpha value is -1.78. The van der Waals surface area contributed by atoms with E-state index in [1.807, 2.05) is 35.8 Å². The van der Waals surface area contributed by atoms with Crippen LogP contribution in [0.1, 0.15) is 39.9 Å². The molecular weight excluding hydrogens is 352 g/mol. The Kier molecular flexibility index (Phi) is 6.97. The van der Waals surface area contributed by atoms with E-state index >= 15 is 0 Å². The number of carbonyl (C=O) groups is 1. The summed E-state index contributed by atoms with van der Waals surface area (Å²) in [5, 5.41) is 3.25. The SMILES string of the molecule is CNCC1CCN(C(=O)c2cccc(CSc3cc(C)ccc3C)c2)CC1.